The molecule has 2 rings (SSSR count). The van der Waals surface area contributed by atoms with Crippen molar-refractivity contribution in [3.8, 4) is 0 Å². The molecule has 1 aromatic rings. The van der Waals surface area contributed by atoms with Crippen LogP contribution < -0.4 is 5.32 Å². The Morgan fingerprint density at radius 2 is 2.21 bits per heavy atom. The molecule has 1 N–H and O–H groups in total. The fraction of sp³-hybridized carbons (Fsp3) is 0.600. The van der Waals surface area contributed by atoms with Gasteiger partial charge in [-0.25, -0.2) is 4.98 Å². The molecule has 1 aromatic heterocycles. The SMILES string of the molecule is CCCNc1ccc(C(=O)N(CC)CC2CC2)nc1. The minimum absolute atomic E-state index is 0.0523. The zero-order valence-corrected chi connectivity index (χ0v) is 11.9. The highest BCUT2D eigenvalue weighted by Crippen LogP contribution is 2.30. The van der Waals surface area contributed by atoms with Crippen LogP contribution >= 0.6 is 0 Å². The van der Waals surface area contributed by atoms with Gasteiger partial charge in [0.2, 0.25) is 0 Å². The van der Waals surface area contributed by atoms with Gasteiger partial charge in [0.15, 0.2) is 0 Å². The van der Waals surface area contributed by atoms with Gasteiger partial charge in [-0.05, 0) is 44.2 Å². The van der Waals surface area contributed by atoms with Crippen LogP contribution in [0.4, 0.5) is 5.69 Å². The smallest absolute Gasteiger partial charge is 0.272 e. The third-order valence-electron chi connectivity index (χ3n) is 3.41. The molecule has 0 unspecified atom stereocenters. The van der Waals surface area contributed by atoms with Gasteiger partial charge >= 0.3 is 0 Å². The number of anilines is 1. The Morgan fingerprint density at radius 1 is 1.42 bits per heavy atom. The van der Waals surface area contributed by atoms with Gasteiger partial charge in [-0.2, -0.15) is 0 Å². The van der Waals surface area contributed by atoms with Gasteiger partial charge in [0.1, 0.15) is 5.69 Å². The lowest BCUT2D eigenvalue weighted by Crippen LogP contribution is -2.33. The van der Waals surface area contributed by atoms with Gasteiger partial charge in [0, 0.05) is 19.6 Å². The molecule has 0 aromatic carbocycles. The van der Waals surface area contributed by atoms with Crippen molar-refractivity contribution < 1.29 is 4.79 Å². The van der Waals surface area contributed by atoms with Crippen molar-refractivity contribution in [2.75, 3.05) is 25.0 Å². The highest BCUT2D eigenvalue weighted by Gasteiger charge is 2.26. The first-order valence-corrected chi connectivity index (χ1v) is 7.23. The van der Waals surface area contributed by atoms with Crippen molar-refractivity contribution in [3.05, 3.63) is 24.0 Å². The van der Waals surface area contributed by atoms with Crippen LogP contribution in [0.15, 0.2) is 18.3 Å². The Balaban J connectivity index is 1.96. The molecule has 4 nitrogen and oxygen atoms in total. The number of carbonyl (C=O) groups is 1. The van der Waals surface area contributed by atoms with Gasteiger partial charge in [-0.1, -0.05) is 6.92 Å². The number of aromatic nitrogens is 1. The third kappa shape index (κ3) is 3.94. The largest absolute Gasteiger partial charge is 0.384 e. The Hall–Kier alpha value is -1.58. The fourth-order valence-corrected chi connectivity index (χ4v) is 2.02. The highest BCUT2D eigenvalue weighted by atomic mass is 16.2. The van der Waals surface area contributed by atoms with E-state index in [2.05, 4.69) is 17.2 Å². The Kier molecular flexibility index (Phi) is 4.77. The number of hydrogen-bond donors (Lipinski definition) is 1. The van der Waals surface area contributed by atoms with Crippen LogP contribution in [0, 0.1) is 5.92 Å². The third-order valence-corrected chi connectivity index (χ3v) is 3.41. The number of hydrogen-bond acceptors (Lipinski definition) is 3. The Morgan fingerprint density at radius 3 is 2.74 bits per heavy atom. The lowest BCUT2D eigenvalue weighted by molar-refractivity contribution is 0.0751. The molecule has 0 saturated heterocycles. The van der Waals surface area contributed by atoms with Crippen molar-refractivity contribution in [1.82, 2.24) is 9.88 Å². The van der Waals surface area contributed by atoms with Gasteiger partial charge in [-0.15, -0.1) is 0 Å². The van der Waals surface area contributed by atoms with Crippen molar-refractivity contribution in [2.24, 2.45) is 5.92 Å². The molecule has 104 valence electrons. The van der Waals surface area contributed by atoms with Gasteiger partial charge in [-0.3, -0.25) is 4.79 Å². The molecule has 0 atom stereocenters. The zero-order valence-electron chi connectivity index (χ0n) is 11.9. The van der Waals surface area contributed by atoms with E-state index in [9.17, 15) is 4.79 Å². The maximum Gasteiger partial charge on any atom is 0.272 e. The minimum atomic E-state index is 0.0523. The van der Waals surface area contributed by atoms with Crippen LogP contribution in [0.5, 0.6) is 0 Å². The fourth-order valence-electron chi connectivity index (χ4n) is 2.02. The lowest BCUT2D eigenvalue weighted by atomic mass is 10.2. The molecule has 0 aliphatic heterocycles. The van der Waals surface area contributed by atoms with Crippen LogP contribution in [0.3, 0.4) is 0 Å². The normalized spacial score (nSPS) is 14.2. The van der Waals surface area contributed by atoms with E-state index in [4.69, 9.17) is 0 Å². The molecule has 0 spiro atoms. The van der Waals surface area contributed by atoms with Gasteiger partial charge in [0.05, 0.1) is 11.9 Å². The van der Waals surface area contributed by atoms with E-state index in [0.717, 1.165) is 37.7 Å². The topological polar surface area (TPSA) is 45.2 Å². The minimum Gasteiger partial charge on any atom is -0.384 e. The molecule has 4 heteroatoms. The summed E-state index contributed by atoms with van der Waals surface area (Å²) in [6, 6.07) is 3.75. The molecule has 19 heavy (non-hydrogen) atoms. The van der Waals surface area contributed by atoms with Crippen LogP contribution in [0.1, 0.15) is 43.6 Å². The van der Waals surface area contributed by atoms with Crippen LogP contribution in [0.2, 0.25) is 0 Å². The molecule has 1 aliphatic carbocycles. The van der Waals surface area contributed by atoms with E-state index in [0.29, 0.717) is 5.69 Å². The number of nitrogens with one attached hydrogen (secondary N) is 1. The van der Waals surface area contributed by atoms with Crippen molar-refractivity contribution in [1.29, 1.82) is 0 Å². The number of amides is 1. The first-order chi connectivity index (χ1) is 9.24. The van der Waals surface area contributed by atoms with E-state index in [1.165, 1.54) is 12.8 Å². The van der Waals surface area contributed by atoms with Gasteiger partial charge in [0.25, 0.3) is 5.91 Å². The summed E-state index contributed by atoms with van der Waals surface area (Å²) in [4.78, 5) is 18.5. The molecular formula is C15H23N3O. The van der Waals surface area contributed by atoms with E-state index >= 15 is 0 Å². The second-order valence-corrected chi connectivity index (χ2v) is 5.15. The number of pyridine rings is 1. The van der Waals surface area contributed by atoms with Gasteiger partial charge < -0.3 is 10.2 Å². The summed E-state index contributed by atoms with van der Waals surface area (Å²) in [5.74, 6) is 0.769. The number of carbonyl (C=O) groups excluding carboxylic acids is 1. The Labute approximate surface area is 115 Å². The number of rotatable bonds is 7. The van der Waals surface area contributed by atoms with Crippen molar-refractivity contribution >= 4 is 11.6 Å². The summed E-state index contributed by atoms with van der Waals surface area (Å²) in [6.45, 7) is 6.71. The maximum atomic E-state index is 12.3. The molecule has 1 fully saturated rings. The summed E-state index contributed by atoms with van der Waals surface area (Å²) < 4.78 is 0. The molecule has 0 bridgehead atoms. The maximum absolute atomic E-state index is 12.3. The number of nitrogens with zero attached hydrogens (tertiary/aromatic N) is 2. The molecular weight excluding hydrogens is 238 g/mol. The van der Waals surface area contributed by atoms with E-state index in [-0.39, 0.29) is 5.91 Å². The first kappa shape index (κ1) is 13.8. The van der Waals surface area contributed by atoms with E-state index in [1.54, 1.807) is 6.20 Å². The summed E-state index contributed by atoms with van der Waals surface area (Å²) in [5, 5.41) is 3.26. The Bertz CT molecular complexity index is 412. The summed E-state index contributed by atoms with van der Waals surface area (Å²) in [7, 11) is 0. The highest BCUT2D eigenvalue weighted by molar-refractivity contribution is 5.92. The molecule has 1 saturated carbocycles. The summed E-state index contributed by atoms with van der Waals surface area (Å²) in [5.41, 5.74) is 1.52. The zero-order chi connectivity index (χ0) is 13.7. The van der Waals surface area contributed by atoms with Crippen LogP contribution in [0.25, 0.3) is 0 Å². The van der Waals surface area contributed by atoms with Crippen molar-refractivity contribution in [3.63, 3.8) is 0 Å². The molecule has 1 amide bonds. The second-order valence-electron chi connectivity index (χ2n) is 5.15. The second kappa shape index (κ2) is 6.55. The molecule has 1 heterocycles. The first-order valence-electron chi connectivity index (χ1n) is 7.23. The average molecular weight is 261 g/mol. The summed E-state index contributed by atoms with van der Waals surface area (Å²) in [6.07, 6.45) is 5.34. The van der Waals surface area contributed by atoms with E-state index < -0.39 is 0 Å². The quantitative estimate of drug-likeness (QED) is 0.821. The monoisotopic (exact) mass is 261 g/mol. The lowest BCUT2D eigenvalue weighted by Gasteiger charge is -2.20. The van der Waals surface area contributed by atoms with Crippen LogP contribution in [-0.2, 0) is 0 Å². The standard InChI is InChI=1S/C15H23N3O/c1-3-9-16-13-7-8-14(17-10-13)15(19)18(4-2)11-12-5-6-12/h7-8,10,12,16H,3-6,9,11H2,1-2H3. The van der Waals surface area contributed by atoms with E-state index in [1.807, 2.05) is 24.0 Å². The summed E-state index contributed by atoms with van der Waals surface area (Å²) >= 11 is 0. The predicted molar refractivity (Wildman–Crippen MR) is 77.3 cm³/mol. The van der Waals surface area contributed by atoms with Crippen LogP contribution in [-0.4, -0.2) is 35.4 Å². The van der Waals surface area contributed by atoms with Crippen molar-refractivity contribution in [2.45, 2.75) is 33.1 Å². The average Bonchev–Trinajstić information content (AvgIpc) is 3.26. The molecule has 1 aliphatic rings. The molecule has 0 radical (unpaired) electrons. The predicted octanol–water partition coefficient (Wildman–Crippen LogP) is 2.78.